The first-order valence-electron chi connectivity index (χ1n) is 8.85. The summed E-state index contributed by atoms with van der Waals surface area (Å²) in [5.74, 6) is 0. The molecule has 1 atom stereocenters. The van der Waals surface area contributed by atoms with Crippen molar-refractivity contribution >= 4 is 0 Å². The number of nitrogens with one attached hydrogen (secondary N) is 1. The summed E-state index contributed by atoms with van der Waals surface area (Å²) in [6.45, 7) is 7.15. The highest BCUT2D eigenvalue weighted by atomic mass is 16.5. The first-order valence-corrected chi connectivity index (χ1v) is 8.85. The average Bonchev–Trinajstić information content (AvgIpc) is 2.63. The summed E-state index contributed by atoms with van der Waals surface area (Å²) in [6, 6.07) is 12.5. The smallest absolute Gasteiger partial charge is 0.0869 e. The molecule has 1 aliphatic rings. The Morgan fingerprint density at radius 2 is 1.92 bits per heavy atom. The van der Waals surface area contributed by atoms with Crippen LogP contribution in [0.5, 0.6) is 0 Å². The van der Waals surface area contributed by atoms with Gasteiger partial charge in [0.25, 0.3) is 0 Å². The van der Waals surface area contributed by atoms with Crippen LogP contribution in [0.2, 0.25) is 0 Å². The maximum absolute atomic E-state index is 10.6. The second kappa shape index (κ2) is 8.54. The van der Waals surface area contributed by atoms with E-state index in [0.717, 1.165) is 38.4 Å². The summed E-state index contributed by atoms with van der Waals surface area (Å²) in [6.07, 6.45) is 3.62. The zero-order chi connectivity index (χ0) is 17.5. The van der Waals surface area contributed by atoms with Gasteiger partial charge in [0.1, 0.15) is 0 Å². The van der Waals surface area contributed by atoms with E-state index in [-0.39, 0.29) is 0 Å². The van der Waals surface area contributed by atoms with Gasteiger partial charge in [-0.1, -0.05) is 18.2 Å². The number of β-amino-alcohol motifs (C(OH)–C–C–N with tert-alkyl or cyclic N) is 1. The highest BCUT2D eigenvalue weighted by molar-refractivity contribution is 5.63. The largest absolute Gasteiger partial charge is 0.388 e. The fraction of sp³-hybridized carbons (Fsp3) is 0.450. The molecule has 25 heavy (non-hydrogen) atoms. The molecule has 0 bridgehead atoms. The second-order valence-corrected chi connectivity index (χ2v) is 6.93. The van der Waals surface area contributed by atoms with Gasteiger partial charge in [-0.3, -0.25) is 9.88 Å². The molecule has 0 spiro atoms. The molecule has 0 saturated carbocycles. The van der Waals surface area contributed by atoms with Crippen LogP contribution in [0.15, 0.2) is 48.8 Å². The lowest BCUT2D eigenvalue weighted by Gasteiger charge is -2.34. The zero-order valence-corrected chi connectivity index (χ0v) is 14.8. The third-order valence-electron chi connectivity index (χ3n) is 4.44. The van der Waals surface area contributed by atoms with E-state index in [1.54, 1.807) is 0 Å². The molecule has 0 amide bonds. The minimum atomic E-state index is -0.750. The first-order chi connectivity index (χ1) is 12.1. The molecule has 0 radical (unpaired) electrons. The summed E-state index contributed by atoms with van der Waals surface area (Å²) in [7, 11) is 0. The Morgan fingerprint density at radius 1 is 1.16 bits per heavy atom. The van der Waals surface area contributed by atoms with Gasteiger partial charge in [0.05, 0.1) is 18.8 Å². The molecule has 1 aliphatic heterocycles. The van der Waals surface area contributed by atoms with Gasteiger partial charge >= 0.3 is 0 Å². The van der Waals surface area contributed by atoms with E-state index in [9.17, 15) is 5.11 Å². The molecular formula is C20H27N3O2. The average molecular weight is 341 g/mol. The Balaban J connectivity index is 1.51. The molecule has 1 aromatic heterocycles. The third-order valence-corrected chi connectivity index (χ3v) is 4.44. The SMILES string of the molecule is CC(O)(CNCc1cccc(-c2ccncc2)c1)CN1CCOCC1. The van der Waals surface area contributed by atoms with Crippen molar-refractivity contribution in [1.29, 1.82) is 0 Å². The normalized spacial score (nSPS) is 18.0. The number of morpholine rings is 1. The van der Waals surface area contributed by atoms with E-state index in [1.165, 1.54) is 11.1 Å². The Kier molecular flexibility index (Phi) is 6.15. The van der Waals surface area contributed by atoms with E-state index in [4.69, 9.17) is 4.74 Å². The molecule has 5 heteroatoms. The van der Waals surface area contributed by atoms with E-state index >= 15 is 0 Å². The van der Waals surface area contributed by atoms with Crippen molar-refractivity contribution in [2.45, 2.75) is 19.1 Å². The number of pyridine rings is 1. The lowest BCUT2D eigenvalue weighted by Crippen LogP contribution is -2.50. The fourth-order valence-corrected chi connectivity index (χ4v) is 3.18. The summed E-state index contributed by atoms with van der Waals surface area (Å²) in [4.78, 5) is 6.33. The lowest BCUT2D eigenvalue weighted by atomic mass is 10.0. The summed E-state index contributed by atoms with van der Waals surface area (Å²) < 4.78 is 5.36. The molecule has 2 heterocycles. The van der Waals surface area contributed by atoms with Gasteiger partial charge in [0.2, 0.25) is 0 Å². The molecular weight excluding hydrogens is 314 g/mol. The highest BCUT2D eigenvalue weighted by Crippen LogP contribution is 2.19. The van der Waals surface area contributed by atoms with E-state index in [1.807, 2.05) is 31.5 Å². The van der Waals surface area contributed by atoms with Crippen LogP contribution in [0.3, 0.4) is 0 Å². The first kappa shape index (κ1) is 18.0. The predicted octanol–water partition coefficient (Wildman–Crippen LogP) is 1.92. The van der Waals surface area contributed by atoms with Crippen molar-refractivity contribution < 1.29 is 9.84 Å². The van der Waals surface area contributed by atoms with Crippen LogP contribution in [0, 0.1) is 0 Å². The second-order valence-electron chi connectivity index (χ2n) is 6.93. The molecule has 134 valence electrons. The molecule has 2 N–H and O–H groups in total. The minimum Gasteiger partial charge on any atom is -0.388 e. The Morgan fingerprint density at radius 3 is 2.68 bits per heavy atom. The van der Waals surface area contributed by atoms with Crippen LogP contribution in [-0.4, -0.2) is 60.0 Å². The number of ether oxygens (including phenoxy) is 1. The molecule has 1 fully saturated rings. The lowest BCUT2D eigenvalue weighted by molar-refractivity contribution is -0.0219. The Labute approximate surface area is 149 Å². The summed E-state index contributed by atoms with van der Waals surface area (Å²) >= 11 is 0. The molecule has 3 rings (SSSR count). The van der Waals surface area contributed by atoms with Gasteiger partial charge in [0, 0.05) is 45.1 Å². The van der Waals surface area contributed by atoms with Crippen LogP contribution in [0.1, 0.15) is 12.5 Å². The number of hydrogen-bond acceptors (Lipinski definition) is 5. The van der Waals surface area contributed by atoms with Gasteiger partial charge in [-0.05, 0) is 41.8 Å². The van der Waals surface area contributed by atoms with Gasteiger partial charge in [-0.25, -0.2) is 0 Å². The van der Waals surface area contributed by atoms with Crippen LogP contribution < -0.4 is 5.32 Å². The van der Waals surface area contributed by atoms with Gasteiger partial charge < -0.3 is 15.2 Å². The summed E-state index contributed by atoms with van der Waals surface area (Å²) in [5.41, 5.74) is 2.80. The van der Waals surface area contributed by atoms with E-state index in [2.05, 4.69) is 39.5 Å². The molecule has 1 saturated heterocycles. The van der Waals surface area contributed by atoms with Crippen molar-refractivity contribution in [2.24, 2.45) is 0 Å². The van der Waals surface area contributed by atoms with Gasteiger partial charge in [0.15, 0.2) is 0 Å². The molecule has 2 aromatic rings. The molecule has 1 aromatic carbocycles. The standard InChI is InChI=1S/C20H27N3O2/c1-20(24,16-23-9-11-25-12-10-23)15-22-14-17-3-2-4-19(13-17)18-5-7-21-8-6-18/h2-8,13,22,24H,9-12,14-16H2,1H3. The fourth-order valence-electron chi connectivity index (χ4n) is 3.18. The van der Waals surface area contributed by atoms with E-state index < -0.39 is 5.60 Å². The summed E-state index contributed by atoms with van der Waals surface area (Å²) in [5, 5.41) is 14.0. The zero-order valence-electron chi connectivity index (χ0n) is 14.8. The van der Waals surface area contributed by atoms with Gasteiger partial charge in [-0.15, -0.1) is 0 Å². The molecule has 1 unspecified atom stereocenters. The topological polar surface area (TPSA) is 57.6 Å². The monoisotopic (exact) mass is 341 g/mol. The number of aliphatic hydroxyl groups is 1. The molecule has 0 aliphatic carbocycles. The molecule has 5 nitrogen and oxygen atoms in total. The van der Waals surface area contributed by atoms with Crippen molar-refractivity contribution in [2.75, 3.05) is 39.4 Å². The number of aromatic nitrogens is 1. The Hall–Kier alpha value is -1.79. The predicted molar refractivity (Wildman–Crippen MR) is 99.3 cm³/mol. The third kappa shape index (κ3) is 5.61. The number of hydrogen-bond donors (Lipinski definition) is 2. The quantitative estimate of drug-likeness (QED) is 0.806. The van der Waals surface area contributed by atoms with Crippen LogP contribution in [0.4, 0.5) is 0 Å². The number of rotatable bonds is 7. The number of benzene rings is 1. The highest BCUT2D eigenvalue weighted by Gasteiger charge is 2.24. The maximum atomic E-state index is 10.6. The number of nitrogens with zero attached hydrogens (tertiary/aromatic N) is 2. The van der Waals surface area contributed by atoms with Crippen LogP contribution >= 0.6 is 0 Å². The Bertz CT molecular complexity index is 655. The van der Waals surface area contributed by atoms with Crippen molar-refractivity contribution in [3.05, 3.63) is 54.4 Å². The van der Waals surface area contributed by atoms with Crippen molar-refractivity contribution in [3.8, 4) is 11.1 Å². The van der Waals surface area contributed by atoms with Crippen LogP contribution in [0.25, 0.3) is 11.1 Å². The van der Waals surface area contributed by atoms with E-state index in [0.29, 0.717) is 13.1 Å². The van der Waals surface area contributed by atoms with Crippen molar-refractivity contribution in [3.63, 3.8) is 0 Å². The van der Waals surface area contributed by atoms with Gasteiger partial charge in [-0.2, -0.15) is 0 Å². The van der Waals surface area contributed by atoms with Crippen LogP contribution in [-0.2, 0) is 11.3 Å². The minimum absolute atomic E-state index is 0.559. The van der Waals surface area contributed by atoms with Crippen molar-refractivity contribution in [1.82, 2.24) is 15.2 Å². The maximum Gasteiger partial charge on any atom is 0.0869 e.